The van der Waals surface area contributed by atoms with E-state index >= 15 is 0 Å². The molecule has 0 saturated carbocycles. The van der Waals surface area contributed by atoms with Gasteiger partial charge in [-0.05, 0) is 12.3 Å². The molecule has 0 radical (unpaired) electrons. The summed E-state index contributed by atoms with van der Waals surface area (Å²) in [6.07, 6.45) is 3.74. The number of thioether (sulfide) groups is 2. The Hall–Kier alpha value is 0.660. The van der Waals surface area contributed by atoms with Crippen LogP contribution in [0.2, 0.25) is 0 Å². The van der Waals surface area contributed by atoms with Crippen LogP contribution in [0, 0.1) is 5.92 Å². The zero-order valence-corrected chi connectivity index (χ0v) is 11.9. The lowest BCUT2D eigenvalue weighted by molar-refractivity contribution is 0.380. The molecule has 0 aliphatic carbocycles. The molecule has 1 nitrogen and oxygen atoms in total. The van der Waals surface area contributed by atoms with Crippen molar-refractivity contribution in [3.8, 4) is 0 Å². The predicted octanol–water partition coefficient (Wildman–Crippen LogP) is 3.38. The fourth-order valence-electron chi connectivity index (χ4n) is 2.40. The van der Waals surface area contributed by atoms with E-state index in [0.29, 0.717) is 11.3 Å². The molecule has 90 valence electrons. The van der Waals surface area contributed by atoms with E-state index in [2.05, 4.69) is 44.3 Å². The van der Waals surface area contributed by atoms with Gasteiger partial charge in [0.15, 0.2) is 0 Å². The van der Waals surface area contributed by atoms with Gasteiger partial charge >= 0.3 is 0 Å². The summed E-state index contributed by atoms with van der Waals surface area (Å²) < 4.78 is 0. The van der Waals surface area contributed by atoms with E-state index in [9.17, 15) is 0 Å². The van der Waals surface area contributed by atoms with Crippen molar-refractivity contribution >= 4 is 23.5 Å². The minimum absolute atomic E-state index is 0.405. The zero-order chi connectivity index (χ0) is 11.3. The lowest BCUT2D eigenvalue weighted by atomic mass is 9.90. The Bertz CT molecular complexity index is 171. The second-order valence-corrected chi connectivity index (χ2v) is 6.94. The van der Waals surface area contributed by atoms with E-state index in [4.69, 9.17) is 5.73 Å². The van der Waals surface area contributed by atoms with E-state index < -0.39 is 0 Å². The number of hydrogen-bond donors (Lipinski definition) is 1. The summed E-state index contributed by atoms with van der Waals surface area (Å²) in [7, 11) is 0. The molecule has 0 amide bonds. The second kappa shape index (κ2) is 7.08. The van der Waals surface area contributed by atoms with Crippen LogP contribution < -0.4 is 5.73 Å². The molecule has 3 heteroatoms. The summed E-state index contributed by atoms with van der Waals surface area (Å²) in [5.41, 5.74) is 6.45. The third-order valence-corrected chi connectivity index (χ3v) is 6.86. The first-order valence-corrected chi connectivity index (χ1v) is 8.33. The smallest absolute Gasteiger partial charge is 0.0320 e. The lowest BCUT2D eigenvalue weighted by Gasteiger charge is -2.37. The van der Waals surface area contributed by atoms with Gasteiger partial charge in [0.25, 0.3) is 0 Å². The minimum Gasteiger partial charge on any atom is -0.326 e. The quantitative estimate of drug-likeness (QED) is 0.806. The molecule has 0 spiro atoms. The topological polar surface area (TPSA) is 26.0 Å². The Labute approximate surface area is 103 Å². The number of nitrogens with two attached hydrogens (primary N) is 1. The largest absolute Gasteiger partial charge is 0.326 e. The van der Waals surface area contributed by atoms with Crippen molar-refractivity contribution in [2.24, 2.45) is 11.7 Å². The fraction of sp³-hybridized carbons (Fsp3) is 1.00. The van der Waals surface area contributed by atoms with Gasteiger partial charge in [0, 0.05) is 28.0 Å². The van der Waals surface area contributed by atoms with Gasteiger partial charge in [0.2, 0.25) is 0 Å². The SMILES string of the molecule is CCC(CC)C(N)C1SCCSC1CC. The van der Waals surface area contributed by atoms with Crippen LogP contribution in [0.3, 0.4) is 0 Å². The molecule has 3 atom stereocenters. The summed E-state index contributed by atoms with van der Waals surface area (Å²) in [6.45, 7) is 6.85. The standard InChI is InChI=1S/C12H25NS2/c1-4-9(5-2)11(13)12-10(6-3)14-7-8-15-12/h9-12H,4-8,13H2,1-3H3. The van der Waals surface area contributed by atoms with Crippen LogP contribution in [-0.2, 0) is 0 Å². The lowest BCUT2D eigenvalue weighted by Crippen LogP contribution is -2.46. The fourth-order valence-corrected chi connectivity index (χ4v) is 5.67. The average molecular weight is 247 g/mol. The van der Waals surface area contributed by atoms with Crippen LogP contribution in [0.4, 0.5) is 0 Å². The average Bonchev–Trinajstić information content (AvgIpc) is 2.30. The highest BCUT2D eigenvalue weighted by molar-refractivity contribution is 8.07. The molecule has 1 rings (SSSR count). The Morgan fingerprint density at radius 3 is 2.27 bits per heavy atom. The van der Waals surface area contributed by atoms with Gasteiger partial charge in [0.1, 0.15) is 0 Å². The normalized spacial score (nSPS) is 29.4. The highest BCUT2D eigenvalue weighted by atomic mass is 32.2. The molecule has 0 aromatic rings. The monoisotopic (exact) mass is 247 g/mol. The maximum Gasteiger partial charge on any atom is 0.0320 e. The molecule has 0 aromatic carbocycles. The van der Waals surface area contributed by atoms with Gasteiger partial charge in [-0.2, -0.15) is 23.5 Å². The molecular formula is C12H25NS2. The van der Waals surface area contributed by atoms with E-state index in [1.807, 2.05) is 0 Å². The third-order valence-electron chi connectivity index (χ3n) is 3.47. The molecule has 3 unspecified atom stereocenters. The Morgan fingerprint density at radius 1 is 1.13 bits per heavy atom. The van der Waals surface area contributed by atoms with Crippen LogP contribution in [0.1, 0.15) is 40.0 Å². The van der Waals surface area contributed by atoms with Crippen LogP contribution in [0.15, 0.2) is 0 Å². The Balaban J connectivity index is 2.57. The molecule has 0 aromatic heterocycles. The molecule has 1 saturated heterocycles. The summed E-state index contributed by atoms with van der Waals surface area (Å²) >= 11 is 4.25. The van der Waals surface area contributed by atoms with E-state index in [0.717, 1.165) is 11.2 Å². The third kappa shape index (κ3) is 3.57. The molecule has 15 heavy (non-hydrogen) atoms. The minimum atomic E-state index is 0.405. The van der Waals surface area contributed by atoms with Crippen molar-refractivity contribution < 1.29 is 0 Å². The molecular weight excluding hydrogens is 222 g/mol. The van der Waals surface area contributed by atoms with Crippen LogP contribution in [-0.4, -0.2) is 28.0 Å². The first kappa shape index (κ1) is 13.7. The molecule has 1 aliphatic heterocycles. The van der Waals surface area contributed by atoms with Crippen molar-refractivity contribution in [2.75, 3.05) is 11.5 Å². The molecule has 1 aliphatic rings. The second-order valence-electron chi connectivity index (χ2n) is 4.31. The summed E-state index contributed by atoms with van der Waals surface area (Å²) in [5, 5.41) is 1.48. The van der Waals surface area contributed by atoms with Crippen molar-refractivity contribution in [3.63, 3.8) is 0 Å². The molecule has 1 heterocycles. The Kier molecular flexibility index (Phi) is 6.48. The van der Waals surface area contributed by atoms with Gasteiger partial charge in [-0.3, -0.25) is 0 Å². The van der Waals surface area contributed by atoms with Crippen LogP contribution in [0.25, 0.3) is 0 Å². The van der Waals surface area contributed by atoms with Crippen molar-refractivity contribution in [1.29, 1.82) is 0 Å². The number of rotatable bonds is 5. The first-order valence-electron chi connectivity index (χ1n) is 6.23. The predicted molar refractivity (Wildman–Crippen MR) is 74.8 cm³/mol. The number of hydrogen-bond acceptors (Lipinski definition) is 3. The van der Waals surface area contributed by atoms with Crippen molar-refractivity contribution in [1.82, 2.24) is 0 Å². The summed E-state index contributed by atoms with van der Waals surface area (Å²) in [6, 6.07) is 0.405. The molecule has 0 bridgehead atoms. The van der Waals surface area contributed by atoms with Gasteiger partial charge in [0.05, 0.1) is 0 Å². The Morgan fingerprint density at radius 2 is 1.73 bits per heavy atom. The van der Waals surface area contributed by atoms with Crippen molar-refractivity contribution in [2.45, 2.75) is 56.6 Å². The van der Waals surface area contributed by atoms with Gasteiger partial charge < -0.3 is 5.73 Å². The van der Waals surface area contributed by atoms with E-state index in [1.54, 1.807) is 0 Å². The van der Waals surface area contributed by atoms with Gasteiger partial charge in [-0.1, -0.05) is 33.6 Å². The highest BCUT2D eigenvalue weighted by Gasteiger charge is 2.32. The summed E-state index contributed by atoms with van der Waals surface area (Å²) in [4.78, 5) is 0. The van der Waals surface area contributed by atoms with E-state index in [1.165, 1.54) is 30.8 Å². The maximum absolute atomic E-state index is 6.45. The zero-order valence-electron chi connectivity index (χ0n) is 10.2. The van der Waals surface area contributed by atoms with Gasteiger partial charge in [-0.15, -0.1) is 0 Å². The summed E-state index contributed by atoms with van der Waals surface area (Å²) in [5.74, 6) is 3.32. The molecule has 2 N–H and O–H groups in total. The maximum atomic E-state index is 6.45. The first-order chi connectivity index (χ1) is 7.24. The van der Waals surface area contributed by atoms with Crippen LogP contribution >= 0.6 is 23.5 Å². The van der Waals surface area contributed by atoms with E-state index in [-0.39, 0.29) is 0 Å². The highest BCUT2D eigenvalue weighted by Crippen LogP contribution is 2.37. The molecule has 1 fully saturated rings. The van der Waals surface area contributed by atoms with Crippen molar-refractivity contribution in [3.05, 3.63) is 0 Å². The van der Waals surface area contributed by atoms with Gasteiger partial charge in [-0.25, -0.2) is 0 Å². The van der Waals surface area contributed by atoms with Crippen LogP contribution in [0.5, 0.6) is 0 Å².